The number of benzene rings is 2. The third-order valence-corrected chi connectivity index (χ3v) is 5.61. The van der Waals surface area contributed by atoms with Gasteiger partial charge in [-0.05, 0) is 24.3 Å². The number of carbonyl (C=O) groups is 1. The number of pyridine rings is 1. The number of primary amides is 1. The number of amides is 1. The Morgan fingerprint density at radius 1 is 1.14 bits per heavy atom. The van der Waals surface area contributed by atoms with Crippen molar-refractivity contribution in [3.63, 3.8) is 0 Å². The van der Waals surface area contributed by atoms with Crippen LogP contribution in [0.2, 0.25) is 5.02 Å². The van der Waals surface area contributed by atoms with Crippen LogP contribution in [-0.2, 0) is 7.05 Å². The highest BCUT2D eigenvalue weighted by molar-refractivity contribution is 6.30. The van der Waals surface area contributed by atoms with Crippen molar-refractivity contribution >= 4 is 34.1 Å². The molecule has 150 valence electrons. The van der Waals surface area contributed by atoms with Gasteiger partial charge in [-0.3, -0.25) is 9.59 Å². The molecule has 6 nitrogen and oxygen atoms in total. The van der Waals surface area contributed by atoms with Crippen molar-refractivity contribution in [1.29, 1.82) is 0 Å². The smallest absolute Gasteiger partial charge is 0.265 e. The van der Waals surface area contributed by atoms with E-state index in [-0.39, 0.29) is 17.2 Å². The highest BCUT2D eigenvalue weighted by Gasteiger charge is 2.27. The first-order valence-electron chi connectivity index (χ1n) is 9.54. The zero-order valence-corrected chi connectivity index (χ0v) is 16.9. The summed E-state index contributed by atoms with van der Waals surface area (Å²) in [6, 6.07) is 14.9. The van der Waals surface area contributed by atoms with Crippen molar-refractivity contribution in [3.8, 4) is 5.75 Å². The molecular formula is C22H22ClN3O3. The van der Waals surface area contributed by atoms with E-state index in [2.05, 4.69) is 4.90 Å². The van der Waals surface area contributed by atoms with Crippen LogP contribution in [0.1, 0.15) is 23.2 Å². The fraction of sp³-hybridized carbons (Fsp3) is 0.273. The highest BCUT2D eigenvalue weighted by atomic mass is 35.5. The van der Waals surface area contributed by atoms with Gasteiger partial charge < -0.3 is 19.9 Å². The average molecular weight is 412 g/mol. The van der Waals surface area contributed by atoms with Crippen molar-refractivity contribution < 1.29 is 9.53 Å². The van der Waals surface area contributed by atoms with E-state index in [1.54, 1.807) is 13.1 Å². The summed E-state index contributed by atoms with van der Waals surface area (Å²) in [6.45, 7) is 1.31. The molecule has 0 bridgehead atoms. The number of hydrogen-bond donors (Lipinski definition) is 1. The van der Waals surface area contributed by atoms with Crippen molar-refractivity contribution in [2.45, 2.75) is 18.9 Å². The number of nitrogens with zero attached hydrogens (tertiary/aromatic N) is 2. The van der Waals surface area contributed by atoms with E-state index >= 15 is 0 Å². The normalized spacial score (nSPS) is 14.9. The van der Waals surface area contributed by atoms with Crippen LogP contribution < -0.4 is 20.9 Å². The molecule has 7 heteroatoms. The topological polar surface area (TPSA) is 77.6 Å². The van der Waals surface area contributed by atoms with Crippen LogP contribution in [0.3, 0.4) is 0 Å². The van der Waals surface area contributed by atoms with Gasteiger partial charge in [0.05, 0.1) is 11.2 Å². The summed E-state index contributed by atoms with van der Waals surface area (Å²) in [5, 5.41) is 1.48. The zero-order chi connectivity index (χ0) is 20.5. The molecule has 29 heavy (non-hydrogen) atoms. The molecule has 1 aliphatic heterocycles. The van der Waals surface area contributed by atoms with Crippen molar-refractivity contribution in [2.75, 3.05) is 18.0 Å². The Balaban J connectivity index is 1.64. The van der Waals surface area contributed by atoms with Crippen molar-refractivity contribution in [3.05, 3.63) is 69.5 Å². The molecule has 1 aromatic heterocycles. The fourth-order valence-electron chi connectivity index (χ4n) is 3.96. The van der Waals surface area contributed by atoms with E-state index in [1.807, 2.05) is 42.5 Å². The number of nitrogens with two attached hydrogens (primary N) is 1. The maximum Gasteiger partial charge on any atom is 0.265 e. The maximum atomic E-state index is 12.8. The number of aromatic nitrogens is 1. The standard InChI is InChI=1S/C22H22ClN3O3/c1-25-18-8-3-2-7-17(18)20(19(21(24)27)22(25)28)26-11-9-15(10-12-26)29-16-6-4-5-14(23)13-16/h2-8,13,15H,9-12H2,1H3,(H2,24,27). The molecule has 2 aromatic carbocycles. The number of anilines is 1. The van der Waals surface area contributed by atoms with Crippen LogP contribution in [-0.4, -0.2) is 29.7 Å². The summed E-state index contributed by atoms with van der Waals surface area (Å²) in [5.74, 6) is 0.0384. The predicted octanol–water partition coefficient (Wildman–Crippen LogP) is 3.34. The molecule has 0 unspecified atom stereocenters. The Morgan fingerprint density at radius 3 is 2.55 bits per heavy atom. The first-order valence-corrected chi connectivity index (χ1v) is 9.92. The quantitative estimate of drug-likeness (QED) is 0.714. The van der Waals surface area contributed by atoms with Crippen molar-refractivity contribution in [2.24, 2.45) is 12.8 Å². The second-order valence-corrected chi connectivity index (χ2v) is 7.67. The molecule has 1 fully saturated rings. The molecule has 1 saturated heterocycles. The van der Waals surface area contributed by atoms with Gasteiger partial charge in [-0.2, -0.15) is 0 Å². The Kier molecular flexibility index (Phi) is 5.20. The minimum absolute atomic E-state index is 0.0413. The van der Waals surface area contributed by atoms with E-state index in [0.29, 0.717) is 23.8 Å². The average Bonchev–Trinajstić information content (AvgIpc) is 2.71. The molecule has 2 N–H and O–H groups in total. The first-order chi connectivity index (χ1) is 14.0. The molecule has 2 heterocycles. The van der Waals surface area contributed by atoms with Crippen LogP contribution in [0.15, 0.2) is 53.3 Å². The monoisotopic (exact) mass is 411 g/mol. The summed E-state index contributed by atoms with van der Waals surface area (Å²) in [4.78, 5) is 27.1. The SMILES string of the molecule is Cn1c(=O)c(C(N)=O)c(N2CCC(Oc3cccc(Cl)c3)CC2)c2ccccc21. The second-order valence-electron chi connectivity index (χ2n) is 7.23. The lowest BCUT2D eigenvalue weighted by molar-refractivity contribution is 0.0999. The van der Waals surface area contributed by atoms with E-state index in [9.17, 15) is 9.59 Å². The number of halogens is 1. The lowest BCUT2D eigenvalue weighted by Crippen LogP contribution is -2.41. The van der Waals surface area contributed by atoms with Crippen LogP contribution in [0.5, 0.6) is 5.75 Å². The number of aryl methyl sites for hydroxylation is 1. The van der Waals surface area contributed by atoms with Crippen LogP contribution >= 0.6 is 11.6 Å². The molecule has 1 amide bonds. The molecule has 3 aromatic rings. The first kappa shape index (κ1) is 19.3. The van der Waals surface area contributed by atoms with Gasteiger partial charge in [0, 0.05) is 43.4 Å². The van der Waals surface area contributed by atoms with Gasteiger partial charge in [-0.15, -0.1) is 0 Å². The predicted molar refractivity (Wildman–Crippen MR) is 115 cm³/mol. The van der Waals surface area contributed by atoms with E-state index in [4.69, 9.17) is 22.1 Å². The molecule has 0 aliphatic carbocycles. The maximum absolute atomic E-state index is 12.8. The Hall–Kier alpha value is -2.99. The highest BCUT2D eigenvalue weighted by Crippen LogP contribution is 2.31. The molecular weight excluding hydrogens is 390 g/mol. The van der Waals surface area contributed by atoms with Gasteiger partial charge in [-0.1, -0.05) is 35.9 Å². The van der Waals surface area contributed by atoms with Crippen molar-refractivity contribution in [1.82, 2.24) is 4.57 Å². The Labute approximate surface area is 173 Å². The summed E-state index contributed by atoms with van der Waals surface area (Å²) in [6.07, 6.45) is 1.56. The summed E-state index contributed by atoms with van der Waals surface area (Å²) in [5.41, 5.74) is 6.68. The number of ether oxygens (including phenoxy) is 1. The minimum atomic E-state index is -0.705. The summed E-state index contributed by atoms with van der Waals surface area (Å²) < 4.78 is 7.54. The third-order valence-electron chi connectivity index (χ3n) is 5.38. The van der Waals surface area contributed by atoms with Gasteiger partial charge >= 0.3 is 0 Å². The van der Waals surface area contributed by atoms with Gasteiger partial charge in [0.1, 0.15) is 17.4 Å². The van der Waals surface area contributed by atoms with Gasteiger partial charge in [0.25, 0.3) is 11.5 Å². The summed E-state index contributed by atoms with van der Waals surface area (Å²) in [7, 11) is 1.66. The van der Waals surface area contributed by atoms with E-state index in [1.165, 1.54) is 4.57 Å². The second kappa shape index (κ2) is 7.79. The zero-order valence-electron chi connectivity index (χ0n) is 16.1. The largest absolute Gasteiger partial charge is 0.490 e. The van der Waals surface area contributed by atoms with Gasteiger partial charge in [-0.25, -0.2) is 0 Å². The lowest BCUT2D eigenvalue weighted by Gasteiger charge is -2.35. The number of rotatable bonds is 4. The molecule has 0 atom stereocenters. The fourth-order valence-corrected chi connectivity index (χ4v) is 4.14. The Bertz CT molecular complexity index is 1130. The minimum Gasteiger partial charge on any atom is -0.490 e. The number of piperidine rings is 1. The molecule has 0 radical (unpaired) electrons. The van der Waals surface area contributed by atoms with Crippen LogP contribution in [0.4, 0.5) is 5.69 Å². The molecule has 1 aliphatic rings. The van der Waals surface area contributed by atoms with Crippen LogP contribution in [0.25, 0.3) is 10.9 Å². The molecule has 0 spiro atoms. The Morgan fingerprint density at radius 2 is 1.86 bits per heavy atom. The van der Waals surface area contributed by atoms with Gasteiger partial charge in [0.15, 0.2) is 0 Å². The van der Waals surface area contributed by atoms with E-state index in [0.717, 1.165) is 29.5 Å². The number of carbonyl (C=O) groups excluding carboxylic acids is 1. The number of para-hydroxylation sites is 1. The summed E-state index contributed by atoms with van der Waals surface area (Å²) >= 11 is 6.03. The van der Waals surface area contributed by atoms with E-state index < -0.39 is 5.91 Å². The lowest BCUT2D eigenvalue weighted by atomic mass is 10.0. The van der Waals surface area contributed by atoms with Crippen LogP contribution in [0, 0.1) is 0 Å². The molecule has 0 saturated carbocycles. The third kappa shape index (κ3) is 3.68. The van der Waals surface area contributed by atoms with Gasteiger partial charge in [0.2, 0.25) is 0 Å². The molecule has 4 rings (SSSR count). The number of fused-ring (bicyclic) bond motifs is 1. The number of hydrogen-bond acceptors (Lipinski definition) is 4.